The van der Waals surface area contributed by atoms with Crippen molar-refractivity contribution in [3.8, 4) is 0 Å². The summed E-state index contributed by atoms with van der Waals surface area (Å²) in [4.78, 5) is 9.81. The lowest BCUT2D eigenvalue weighted by atomic mass is 10.1. The van der Waals surface area contributed by atoms with Gasteiger partial charge in [0.2, 0.25) is 0 Å². The van der Waals surface area contributed by atoms with Crippen molar-refractivity contribution >= 4 is 30.1 Å². The van der Waals surface area contributed by atoms with E-state index in [1.54, 1.807) is 12.2 Å². The van der Waals surface area contributed by atoms with Crippen LogP contribution in [0.5, 0.6) is 0 Å². The SMILES string of the molecule is Nc1c(F)cc(C=CCS)cc1[N+](=O)[O-]. The topological polar surface area (TPSA) is 69.2 Å². The van der Waals surface area contributed by atoms with Crippen molar-refractivity contribution in [2.24, 2.45) is 0 Å². The number of nitrogens with two attached hydrogens (primary N) is 1. The summed E-state index contributed by atoms with van der Waals surface area (Å²) in [7, 11) is 0. The number of thiol groups is 1. The normalized spacial score (nSPS) is 10.8. The van der Waals surface area contributed by atoms with Gasteiger partial charge in [-0.3, -0.25) is 10.1 Å². The maximum Gasteiger partial charge on any atom is 0.295 e. The standard InChI is InChI=1S/C9H9FN2O2S/c10-7-4-6(2-1-3-15)5-8(9(7)11)12(13)14/h1-2,4-5,15H,3,11H2. The number of anilines is 1. The average Bonchev–Trinajstić information content (AvgIpc) is 2.19. The van der Waals surface area contributed by atoms with E-state index in [9.17, 15) is 14.5 Å². The smallest absolute Gasteiger partial charge is 0.295 e. The third-order valence-corrected chi connectivity index (χ3v) is 1.95. The van der Waals surface area contributed by atoms with Crippen LogP contribution >= 0.6 is 12.6 Å². The fourth-order valence-electron chi connectivity index (χ4n) is 1.06. The van der Waals surface area contributed by atoms with Crippen LogP contribution < -0.4 is 5.73 Å². The Morgan fingerprint density at radius 2 is 2.27 bits per heavy atom. The molecule has 0 aliphatic heterocycles. The molecule has 0 aromatic heterocycles. The molecule has 6 heteroatoms. The molecule has 1 aromatic rings. The van der Waals surface area contributed by atoms with Crippen molar-refractivity contribution in [3.05, 3.63) is 39.7 Å². The Balaban J connectivity index is 3.23. The summed E-state index contributed by atoms with van der Waals surface area (Å²) in [5.74, 6) is -0.317. The average molecular weight is 228 g/mol. The van der Waals surface area contributed by atoms with E-state index >= 15 is 0 Å². The van der Waals surface area contributed by atoms with Crippen molar-refractivity contribution in [1.29, 1.82) is 0 Å². The van der Waals surface area contributed by atoms with Gasteiger partial charge in [-0.2, -0.15) is 12.6 Å². The Morgan fingerprint density at radius 3 is 2.80 bits per heavy atom. The molecule has 2 N–H and O–H groups in total. The first-order valence-corrected chi connectivity index (χ1v) is 4.70. The highest BCUT2D eigenvalue weighted by Crippen LogP contribution is 2.26. The summed E-state index contributed by atoms with van der Waals surface area (Å²) < 4.78 is 13.1. The van der Waals surface area contributed by atoms with E-state index < -0.39 is 22.1 Å². The summed E-state index contributed by atoms with van der Waals surface area (Å²) >= 11 is 3.92. The predicted molar refractivity (Wildman–Crippen MR) is 60.4 cm³/mol. The van der Waals surface area contributed by atoms with Gasteiger partial charge in [-0.15, -0.1) is 0 Å². The molecule has 4 nitrogen and oxygen atoms in total. The second kappa shape index (κ2) is 4.79. The lowest BCUT2D eigenvalue weighted by Crippen LogP contribution is -1.99. The molecule has 1 aromatic carbocycles. The Labute approximate surface area is 91.2 Å². The molecule has 1 rings (SSSR count). The Kier molecular flexibility index (Phi) is 3.68. The summed E-state index contributed by atoms with van der Waals surface area (Å²) in [6, 6.07) is 2.36. The molecule has 0 heterocycles. The minimum atomic E-state index is -0.789. The van der Waals surface area contributed by atoms with E-state index in [4.69, 9.17) is 5.73 Å². The van der Waals surface area contributed by atoms with E-state index in [1.807, 2.05) is 0 Å². The third kappa shape index (κ3) is 2.69. The maximum absolute atomic E-state index is 13.1. The summed E-state index contributed by atoms with van der Waals surface area (Å²) in [5, 5.41) is 10.5. The lowest BCUT2D eigenvalue weighted by Gasteiger charge is -2.00. The first-order chi connectivity index (χ1) is 7.06. The van der Waals surface area contributed by atoms with Gasteiger partial charge in [0, 0.05) is 11.8 Å². The third-order valence-electron chi connectivity index (χ3n) is 1.74. The molecule has 0 atom stereocenters. The molecule has 0 aliphatic carbocycles. The van der Waals surface area contributed by atoms with Crippen LogP contribution in [0.2, 0.25) is 0 Å². The zero-order chi connectivity index (χ0) is 11.4. The molecule has 0 aliphatic rings. The minimum absolute atomic E-state index is 0.391. The molecule has 15 heavy (non-hydrogen) atoms. The van der Waals surface area contributed by atoms with Crippen LogP contribution in [0.15, 0.2) is 18.2 Å². The predicted octanol–water partition coefficient (Wildman–Crippen LogP) is 2.26. The molecule has 0 bridgehead atoms. The van der Waals surface area contributed by atoms with Crippen molar-refractivity contribution < 1.29 is 9.31 Å². The van der Waals surface area contributed by atoms with Gasteiger partial charge in [-0.05, 0) is 11.6 Å². The number of hydrogen-bond donors (Lipinski definition) is 2. The fourth-order valence-corrected chi connectivity index (χ4v) is 1.17. The van der Waals surface area contributed by atoms with E-state index in [2.05, 4.69) is 12.6 Å². The molecule has 0 saturated heterocycles. The molecule has 0 fully saturated rings. The second-order valence-electron chi connectivity index (χ2n) is 2.78. The van der Waals surface area contributed by atoms with Gasteiger partial charge < -0.3 is 5.73 Å². The number of rotatable bonds is 3. The number of benzene rings is 1. The Morgan fingerprint density at radius 1 is 1.60 bits per heavy atom. The van der Waals surface area contributed by atoms with E-state index in [-0.39, 0.29) is 0 Å². The van der Waals surface area contributed by atoms with Gasteiger partial charge in [0.25, 0.3) is 5.69 Å². The highest BCUT2D eigenvalue weighted by Gasteiger charge is 2.16. The minimum Gasteiger partial charge on any atom is -0.391 e. The molecule has 0 saturated carbocycles. The van der Waals surface area contributed by atoms with Gasteiger partial charge >= 0.3 is 0 Å². The highest BCUT2D eigenvalue weighted by atomic mass is 32.1. The van der Waals surface area contributed by atoms with Gasteiger partial charge in [-0.1, -0.05) is 12.2 Å². The van der Waals surface area contributed by atoms with Crippen LogP contribution in [0.1, 0.15) is 5.56 Å². The summed E-state index contributed by atoms with van der Waals surface area (Å²) in [5.41, 5.74) is 4.75. The van der Waals surface area contributed by atoms with Crippen LogP contribution in [0.25, 0.3) is 6.08 Å². The van der Waals surface area contributed by atoms with Crippen molar-refractivity contribution in [3.63, 3.8) is 0 Å². The second-order valence-corrected chi connectivity index (χ2v) is 3.14. The van der Waals surface area contributed by atoms with Gasteiger partial charge in [0.1, 0.15) is 5.69 Å². The first kappa shape index (κ1) is 11.5. The van der Waals surface area contributed by atoms with Crippen LogP contribution in [0.3, 0.4) is 0 Å². The van der Waals surface area contributed by atoms with Gasteiger partial charge in [0.05, 0.1) is 4.92 Å². The summed E-state index contributed by atoms with van der Waals surface area (Å²) in [6.45, 7) is 0. The molecule has 80 valence electrons. The molecule has 0 unspecified atom stereocenters. The number of nitro benzene ring substituents is 1. The molecular formula is C9H9FN2O2S. The Bertz CT molecular complexity index is 421. The van der Waals surface area contributed by atoms with E-state index in [1.165, 1.54) is 6.07 Å². The number of hydrogen-bond acceptors (Lipinski definition) is 4. The van der Waals surface area contributed by atoms with E-state index in [0.29, 0.717) is 11.3 Å². The lowest BCUT2D eigenvalue weighted by molar-refractivity contribution is -0.384. The fraction of sp³-hybridized carbons (Fsp3) is 0.111. The maximum atomic E-state index is 13.1. The quantitative estimate of drug-likeness (QED) is 0.361. The highest BCUT2D eigenvalue weighted by molar-refractivity contribution is 7.80. The van der Waals surface area contributed by atoms with Crippen molar-refractivity contribution in [2.75, 3.05) is 11.5 Å². The number of halogens is 1. The summed E-state index contributed by atoms with van der Waals surface area (Å²) in [6.07, 6.45) is 3.19. The van der Waals surface area contributed by atoms with Crippen LogP contribution in [-0.4, -0.2) is 10.7 Å². The van der Waals surface area contributed by atoms with Crippen LogP contribution in [0, 0.1) is 15.9 Å². The van der Waals surface area contributed by atoms with Gasteiger partial charge in [0.15, 0.2) is 5.82 Å². The van der Waals surface area contributed by atoms with Crippen LogP contribution in [0.4, 0.5) is 15.8 Å². The molecule has 0 amide bonds. The molecular weight excluding hydrogens is 219 g/mol. The van der Waals surface area contributed by atoms with Crippen LogP contribution in [-0.2, 0) is 0 Å². The van der Waals surface area contributed by atoms with E-state index in [0.717, 1.165) is 6.07 Å². The monoisotopic (exact) mass is 228 g/mol. The van der Waals surface area contributed by atoms with Crippen molar-refractivity contribution in [2.45, 2.75) is 0 Å². The van der Waals surface area contributed by atoms with Gasteiger partial charge in [-0.25, -0.2) is 4.39 Å². The first-order valence-electron chi connectivity index (χ1n) is 4.07. The van der Waals surface area contributed by atoms with Crippen molar-refractivity contribution in [1.82, 2.24) is 0 Å². The number of nitrogens with zero attached hydrogens (tertiary/aromatic N) is 1. The molecule has 0 spiro atoms. The zero-order valence-electron chi connectivity index (χ0n) is 7.68. The number of nitro groups is 1. The zero-order valence-corrected chi connectivity index (χ0v) is 8.58. The molecule has 0 radical (unpaired) electrons. The largest absolute Gasteiger partial charge is 0.391 e. The number of nitrogen functional groups attached to an aromatic ring is 1. The Hall–Kier alpha value is -1.56.